The highest BCUT2D eigenvalue weighted by Crippen LogP contribution is 2.48. The van der Waals surface area contributed by atoms with Crippen molar-refractivity contribution in [2.75, 3.05) is 57.9 Å². The minimum Gasteiger partial charge on any atom is -0.490 e. The zero-order chi connectivity index (χ0) is 32.8. The standard InChI is InChI=1S/C34H37F3N6O3S/c1-4-29(44)42-10-11-43-27(20(42)2)17-26(39-43)32-31(30-25(37)15-22(36)16-28(30)46-13-12-45-3)33-24(7-14-47-33)34(38-32)41-18-23(19-41)40-8-5-21(35)6-9-40/h4,7,14-17,20-21,23H,1,5-6,8-13,18-19H2,2-3H3. The van der Waals surface area contributed by atoms with Crippen LogP contribution in [0.4, 0.5) is 19.0 Å². The first-order valence-electron chi connectivity index (χ1n) is 15.9. The molecule has 2 saturated heterocycles. The lowest BCUT2D eigenvalue weighted by molar-refractivity contribution is -0.129. The number of aromatic nitrogens is 3. The molecule has 0 saturated carbocycles. The lowest BCUT2D eigenvalue weighted by Crippen LogP contribution is -2.61. The lowest BCUT2D eigenvalue weighted by Gasteiger charge is -2.47. The number of halogens is 3. The second-order valence-electron chi connectivity index (χ2n) is 12.3. The van der Waals surface area contributed by atoms with Gasteiger partial charge in [0.1, 0.15) is 47.4 Å². The minimum atomic E-state index is -0.775. The molecular formula is C34H37F3N6O3S. The van der Waals surface area contributed by atoms with Crippen molar-refractivity contribution in [3.63, 3.8) is 0 Å². The number of carbonyl (C=O) groups is 1. The van der Waals surface area contributed by atoms with Crippen LogP contribution in [0, 0.1) is 11.6 Å². The second kappa shape index (κ2) is 12.9. The number of nitrogens with zero attached hydrogens (tertiary/aromatic N) is 6. The van der Waals surface area contributed by atoms with Gasteiger partial charge in [-0.25, -0.2) is 18.2 Å². The summed E-state index contributed by atoms with van der Waals surface area (Å²) in [5.41, 5.74) is 2.34. The molecule has 1 unspecified atom stereocenters. The lowest BCUT2D eigenvalue weighted by atomic mass is 9.97. The first-order valence-corrected chi connectivity index (χ1v) is 16.8. The topological polar surface area (TPSA) is 76.0 Å². The molecule has 3 aliphatic rings. The summed E-state index contributed by atoms with van der Waals surface area (Å²) in [7, 11) is 1.53. The van der Waals surface area contributed by atoms with Gasteiger partial charge in [-0.15, -0.1) is 11.3 Å². The Kier molecular flexibility index (Phi) is 8.71. The van der Waals surface area contributed by atoms with Crippen molar-refractivity contribution in [2.45, 2.75) is 44.6 Å². The number of ether oxygens (including phenoxy) is 2. The molecule has 1 amide bonds. The number of thiophene rings is 1. The molecule has 3 aromatic heterocycles. The van der Waals surface area contributed by atoms with Crippen LogP contribution in [-0.4, -0.2) is 95.7 Å². The number of pyridine rings is 1. The third kappa shape index (κ3) is 5.78. The summed E-state index contributed by atoms with van der Waals surface area (Å²) < 4.78 is 58.2. The predicted octanol–water partition coefficient (Wildman–Crippen LogP) is 5.84. The van der Waals surface area contributed by atoms with Gasteiger partial charge in [-0.3, -0.25) is 14.4 Å². The van der Waals surface area contributed by atoms with E-state index < -0.39 is 17.8 Å². The summed E-state index contributed by atoms with van der Waals surface area (Å²) >= 11 is 1.45. The number of carbonyl (C=O) groups excluding carboxylic acids is 1. The first kappa shape index (κ1) is 31.6. The average Bonchev–Trinajstić information content (AvgIpc) is 3.70. The van der Waals surface area contributed by atoms with Crippen LogP contribution in [-0.2, 0) is 16.1 Å². The Morgan fingerprint density at radius 3 is 2.64 bits per heavy atom. The molecule has 1 aromatic carbocycles. The van der Waals surface area contributed by atoms with Crippen LogP contribution >= 0.6 is 11.3 Å². The van der Waals surface area contributed by atoms with Crippen LogP contribution < -0.4 is 9.64 Å². The summed E-state index contributed by atoms with van der Waals surface area (Å²) in [5, 5.41) is 7.73. The molecule has 47 heavy (non-hydrogen) atoms. The molecular weight excluding hydrogens is 629 g/mol. The summed E-state index contributed by atoms with van der Waals surface area (Å²) in [6, 6.07) is 5.94. The van der Waals surface area contributed by atoms with Crippen molar-refractivity contribution in [3.05, 3.63) is 59.6 Å². The van der Waals surface area contributed by atoms with E-state index in [0.717, 1.165) is 53.8 Å². The van der Waals surface area contributed by atoms with E-state index in [1.807, 2.05) is 29.1 Å². The molecule has 9 nitrogen and oxygen atoms in total. The molecule has 0 aliphatic carbocycles. The minimum absolute atomic E-state index is 0.0467. The van der Waals surface area contributed by atoms with Crippen LogP contribution in [0.3, 0.4) is 0 Å². The molecule has 13 heteroatoms. The van der Waals surface area contributed by atoms with Gasteiger partial charge in [-0.05, 0) is 43.4 Å². The summed E-state index contributed by atoms with van der Waals surface area (Å²) in [4.78, 5) is 24.1. The van der Waals surface area contributed by atoms with Crippen molar-refractivity contribution in [1.29, 1.82) is 0 Å². The third-order valence-corrected chi connectivity index (χ3v) is 10.4. The summed E-state index contributed by atoms with van der Waals surface area (Å²) in [6.07, 6.45) is 1.69. The number of likely N-dealkylation sites (tertiary alicyclic amines) is 1. The fourth-order valence-electron chi connectivity index (χ4n) is 6.94. The molecule has 2 fully saturated rings. The fourth-order valence-corrected chi connectivity index (χ4v) is 7.88. The number of piperidine rings is 1. The molecule has 0 radical (unpaired) electrons. The Morgan fingerprint density at radius 2 is 1.89 bits per heavy atom. The van der Waals surface area contributed by atoms with Crippen molar-refractivity contribution in [2.24, 2.45) is 0 Å². The van der Waals surface area contributed by atoms with Gasteiger partial charge >= 0.3 is 0 Å². The largest absolute Gasteiger partial charge is 0.490 e. The van der Waals surface area contributed by atoms with Crippen molar-refractivity contribution >= 4 is 33.1 Å². The number of fused-ring (bicyclic) bond motifs is 2. The molecule has 1 atom stereocenters. The Balaban J connectivity index is 1.36. The van der Waals surface area contributed by atoms with E-state index >= 15 is 4.39 Å². The van der Waals surface area contributed by atoms with Gasteiger partial charge in [0.2, 0.25) is 5.91 Å². The second-order valence-corrected chi connectivity index (χ2v) is 13.2. The maximum atomic E-state index is 16.0. The highest BCUT2D eigenvalue weighted by Gasteiger charge is 2.37. The van der Waals surface area contributed by atoms with Gasteiger partial charge in [0, 0.05) is 73.7 Å². The molecule has 248 valence electrons. The quantitative estimate of drug-likeness (QED) is 0.164. The number of hydrogen-bond acceptors (Lipinski definition) is 8. The van der Waals surface area contributed by atoms with Crippen molar-refractivity contribution < 1.29 is 27.4 Å². The Labute approximate surface area is 275 Å². The molecule has 7 rings (SSSR count). The van der Waals surface area contributed by atoms with E-state index in [0.29, 0.717) is 48.9 Å². The van der Waals surface area contributed by atoms with E-state index in [9.17, 15) is 13.6 Å². The zero-order valence-electron chi connectivity index (χ0n) is 26.4. The molecule has 0 spiro atoms. The van der Waals surface area contributed by atoms with Gasteiger partial charge in [0.25, 0.3) is 0 Å². The molecule has 0 bridgehead atoms. The smallest absolute Gasteiger partial charge is 0.246 e. The molecule has 4 aromatic rings. The number of hydrogen-bond donors (Lipinski definition) is 0. The molecule has 0 N–H and O–H groups in total. The molecule has 3 aliphatic heterocycles. The van der Waals surface area contributed by atoms with E-state index in [4.69, 9.17) is 19.6 Å². The van der Waals surface area contributed by atoms with Crippen LogP contribution in [0.5, 0.6) is 5.75 Å². The average molecular weight is 667 g/mol. The third-order valence-electron chi connectivity index (χ3n) is 9.50. The van der Waals surface area contributed by atoms with E-state index in [1.165, 1.54) is 30.6 Å². The SMILES string of the molecule is C=CC(=O)N1CCn2nc(-c3nc(N4CC(N5CCC(F)CC5)C4)c4ccsc4c3-c3c(F)cc(F)cc3OCCOC)cc2C1C. The molecule has 6 heterocycles. The normalized spacial score (nSPS) is 19.2. The maximum Gasteiger partial charge on any atom is 0.246 e. The van der Waals surface area contributed by atoms with Crippen LogP contribution in [0.25, 0.3) is 32.6 Å². The van der Waals surface area contributed by atoms with Crippen LogP contribution in [0.15, 0.2) is 42.3 Å². The number of alkyl halides is 1. The first-order chi connectivity index (χ1) is 22.8. The number of benzene rings is 1. The predicted molar refractivity (Wildman–Crippen MR) is 176 cm³/mol. The Hall–Kier alpha value is -3.94. The van der Waals surface area contributed by atoms with E-state index in [1.54, 1.807) is 4.90 Å². The van der Waals surface area contributed by atoms with Crippen molar-refractivity contribution in [3.8, 4) is 28.3 Å². The highest BCUT2D eigenvalue weighted by molar-refractivity contribution is 7.18. The van der Waals surface area contributed by atoms with Gasteiger partial charge in [0.05, 0.1) is 30.5 Å². The number of rotatable bonds is 9. The van der Waals surface area contributed by atoms with Gasteiger partial charge in [-0.2, -0.15) is 5.10 Å². The van der Waals surface area contributed by atoms with E-state index in [-0.39, 0.29) is 36.5 Å². The monoisotopic (exact) mass is 666 g/mol. The van der Waals surface area contributed by atoms with Gasteiger partial charge < -0.3 is 19.3 Å². The Morgan fingerprint density at radius 1 is 1.11 bits per heavy atom. The Bertz CT molecular complexity index is 1810. The number of amides is 1. The summed E-state index contributed by atoms with van der Waals surface area (Å²) in [6.45, 7) is 9.81. The zero-order valence-corrected chi connectivity index (χ0v) is 27.2. The van der Waals surface area contributed by atoms with Crippen LogP contribution in [0.2, 0.25) is 0 Å². The van der Waals surface area contributed by atoms with Crippen molar-refractivity contribution in [1.82, 2.24) is 24.6 Å². The van der Waals surface area contributed by atoms with E-state index in [2.05, 4.69) is 16.4 Å². The van der Waals surface area contributed by atoms with Gasteiger partial charge in [0.15, 0.2) is 0 Å². The maximum absolute atomic E-state index is 16.0. The van der Waals surface area contributed by atoms with Gasteiger partial charge in [-0.1, -0.05) is 6.58 Å². The summed E-state index contributed by atoms with van der Waals surface area (Å²) in [5.74, 6) is -0.895. The van der Waals surface area contributed by atoms with Crippen LogP contribution in [0.1, 0.15) is 31.5 Å². The number of methoxy groups -OCH3 is 1. The highest BCUT2D eigenvalue weighted by atomic mass is 32.1. The number of anilines is 1. The fraction of sp³-hybridized carbons (Fsp3) is 0.441.